The molecule has 2 atom stereocenters. The fourth-order valence-corrected chi connectivity index (χ4v) is 2.44. The van der Waals surface area contributed by atoms with E-state index in [0.717, 1.165) is 19.7 Å². The molecule has 2 N–H and O–H groups in total. The first kappa shape index (κ1) is 13.4. The number of likely N-dealkylation sites (N-methyl/N-ethyl adjacent to an activating group) is 1. The summed E-state index contributed by atoms with van der Waals surface area (Å²) in [5.41, 5.74) is 8.32. The Balaban J connectivity index is 2.02. The lowest BCUT2D eigenvalue weighted by molar-refractivity contribution is 0.115. The first-order chi connectivity index (χ1) is 8.70. The van der Waals surface area contributed by atoms with Gasteiger partial charge in [0, 0.05) is 31.4 Å². The highest BCUT2D eigenvalue weighted by Gasteiger charge is 2.18. The highest BCUT2D eigenvalue weighted by Crippen LogP contribution is 2.21. The summed E-state index contributed by atoms with van der Waals surface area (Å²) in [4.78, 5) is 2.38. The molecule has 3 nitrogen and oxygen atoms in total. The Labute approximate surface area is 110 Å². The molecule has 0 radical (unpaired) electrons. The van der Waals surface area contributed by atoms with Crippen LogP contribution in [0.15, 0.2) is 24.3 Å². The Morgan fingerprint density at radius 1 is 1.39 bits per heavy atom. The third-order valence-corrected chi connectivity index (χ3v) is 3.61. The van der Waals surface area contributed by atoms with Crippen LogP contribution in [0.2, 0.25) is 0 Å². The molecule has 1 fully saturated rings. The van der Waals surface area contributed by atoms with Crippen molar-refractivity contribution >= 4 is 5.69 Å². The third-order valence-electron chi connectivity index (χ3n) is 3.61. The minimum absolute atomic E-state index is 0.104. The molecule has 0 amide bonds. The van der Waals surface area contributed by atoms with E-state index < -0.39 is 0 Å². The highest BCUT2D eigenvalue weighted by atomic mass is 16.5. The van der Waals surface area contributed by atoms with Gasteiger partial charge < -0.3 is 15.4 Å². The molecule has 100 valence electrons. The van der Waals surface area contributed by atoms with Gasteiger partial charge in [-0.1, -0.05) is 12.1 Å². The highest BCUT2D eigenvalue weighted by molar-refractivity contribution is 5.48. The second-order valence-corrected chi connectivity index (χ2v) is 5.05. The van der Waals surface area contributed by atoms with Crippen LogP contribution in [0, 0.1) is 0 Å². The summed E-state index contributed by atoms with van der Waals surface area (Å²) >= 11 is 0. The molecule has 2 rings (SSSR count). The number of ether oxygens (including phenoxy) is 1. The molecule has 1 saturated heterocycles. The molecule has 0 spiro atoms. The average molecular weight is 248 g/mol. The largest absolute Gasteiger partial charge is 0.376 e. The maximum Gasteiger partial charge on any atom is 0.0750 e. The number of nitrogens with two attached hydrogens (primary N) is 1. The zero-order chi connectivity index (χ0) is 13.0. The van der Waals surface area contributed by atoms with Gasteiger partial charge in [-0.25, -0.2) is 0 Å². The van der Waals surface area contributed by atoms with Crippen molar-refractivity contribution in [3.63, 3.8) is 0 Å². The van der Waals surface area contributed by atoms with Crippen LogP contribution in [0.4, 0.5) is 5.69 Å². The predicted octanol–water partition coefficient (Wildman–Crippen LogP) is 2.71. The van der Waals surface area contributed by atoms with Gasteiger partial charge in [-0.15, -0.1) is 0 Å². The van der Waals surface area contributed by atoms with Gasteiger partial charge in [0.1, 0.15) is 0 Å². The minimum atomic E-state index is 0.104. The number of benzene rings is 1. The van der Waals surface area contributed by atoms with Crippen molar-refractivity contribution in [3.8, 4) is 0 Å². The third kappa shape index (κ3) is 3.24. The molecule has 1 heterocycles. The molecule has 0 aromatic heterocycles. The second kappa shape index (κ2) is 6.21. The van der Waals surface area contributed by atoms with Crippen molar-refractivity contribution in [1.82, 2.24) is 0 Å². The standard InChI is InChI=1S/C15H24N2O/c1-3-17(11-15-5-4-10-18-15)14-8-6-13(7-9-14)12(2)16/h6-9,12,15H,3-5,10-11,16H2,1-2H3/t12-,15?/m1/s1. The van der Waals surface area contributed by atoms with E-state index >= 15 is 0 Å². The van der Waals surface area contributed by atoms with Crippen molar-refractivity contribution in [2.75, 3.05) is 24.6 Å². The van der Waals surface area contributed by atoms with Crippen LogP contribution in [0.1, 0.15) is 38.3 Å². The SMILES string of the molecule is CCN(CC1CCCO1)c1ccc([C@@H](C)N)cc1. The van der Waals surface area contributed by atoms with Gasteiger partial charge in [0.2, 0.25) is 0 Å². The van der Waals surface area contributed by atoms with Gasteiger partial charge >= 0.3 is 0 Å². The Bertz CT molecular complexity index is 355. The van der Waals surface area contributed by atoms with Crippen molar-refractivity contribution in [3.05, 3.63) is 29.8 Å². The lowest BCUT2D eigenvalue weighted by Crippen LogP contribution is -2.31. The molecule has 1 aromatic rings. The fourth-order valence-electron chi connectivity index (χ4n) is 2.44. The smallest absolute Gasteiger partial charge is 0.0750 e. The van der Waals surface area contributed by atoms with Crippen LogP contribution in [-0.4, -0.2) is 25.8 Å². The summed E-state index contributed by atoms with van der Waals surface area (Å²) < 4.78 is 5.71. The molecule has 18 heavy (non-hydrogen) atoms. The molecule has 0 saturated carbocycles. The van der Waals surface area contributed by atoms with E-state index in [0.29, 0.717) is 6.10 Å². The molecule has 0 bridgehead atoms. The maximum atomic E-state index is 5.87. The number of hydrogen-bond donors (Lipinski definition) is 1. The summed E-state index contributed by atoms with van der Waals surface area (Å²) in [7, 11) is 0. The Hall–Kier alpha value is -1.06. The van der Waals surface area contributed by atoms with Gasteiger partial charge in [0.05, 0.1) is 6.10 Å². The topological polar surface area (TPSA) is 38.5 Å². The summed E-state index contributed by atoms with van der Waals surface area (Å²) in [5, 5.41) is 0. The molecule has 1 aliphatic rings. The van der Waals surface area contributed by atoms with Gasteiger partial charge in [0.15, 0.2) is 0 Å². The van der Waals surface area contributed by atoms with Gasteiger partial charge in [0.25, 0.3) is 0 Å². The fraction of sp³-hybridized carbons (Fsp3) is 0.600. The first-order valence-corrected chi connectivity index (χ1v) is 6.92. The van der Waals surface area contributed by atoms with Crippen LogP contribution in [0.25, 0.3) is 0 Å². The molecule has 1 unspecified atom stereocenters. The van der Waals surface area contributed by atoms with Crippen LogP contribution in [0.5, 0.6) is 0 Å². The second-order valence-electron chi connectivity index (χ2n) is 5.05. The first-order valence-electron chi connectivity index (χ1n) is 6.92. The van der Waals surface area contributed by atoms with E-state index in [-0.39, 0.29) is 6.04 Å². The predicted molar refractivity (Wildman–Crippen MR) is 75.9 cm³/mol. The number of rotatable bonds is 5. The zero-order valence-electron chi connectivity index (χ0n) is 11.4. The number of anilines is 1. The molecule has 1 aliphatic heterocycles. The normalized spacial score (nSPS) is 20.9. The average Bonchev–Trinajstić information content (AvgIpc) is 2.89. The Morgan fingerprint density at radius 3 is 2.61 bits per heavy atom. The monoisotopic (exact) mass is 248 g/mol. The van der Waals surface area contributed by atoms with Crippen molar-refractivity contribution in [2.45, 2.75) is 38.8 Å². The molecular weight excluding hydrogens is 224 g/mol. The van der Waals surface area contributed by atoms with Crippen LogP contribution >= 0.6 is 0 Å². The van der Waals surface area contributed by atoms with Gasteiger partial charge in [-0.3, -0.25) is 0 Å². The van der Waals surface area contributed by atoms with E-state index in [1.54, 1.807) is 0 Å². The summed E-state index contributed by atoms with van der Waals surface area (Å²) in [6.45, 7) is 7.13. The van der Waals surface area contributed by atoms with Crippen molar-refractivity contribution < 1.29 is 4.74 Å². The van der Waals surface area contributed by atoms with Crippen molar-refractivity contribution in [1.29, 1.82) is 0 Å². The summed E-state index contributed by atoms with van der Waals surface area (Å²) in [6.07, 6.45) is 2.79. The van der Waals surface area contributed by atoms with E-state index in [1.165, 1.54) is 24.1 Å². The van der Waals surface area contributed by atoms with Crippen molar-refractivity contribution in [2.24, 2.45) is 5.73 Å². The number of nitrogens with zero attached hydrogens (tertiary/aromatic N) is 1. The minimum Gasteiger partial charge on any atom is -0.376 e. The molecular formula is C15H24N2O. The van der Waals surface area contributed by atoms with Gasteiger partial charge in [-0.2, -0.15) is 0 Å². The zero-order valence-corrected chi connectivity index (χ0v) is 11.4. The van der Waals surface area contributed by atoms with Crippen LogP contribution in [-0.2, 0) is 4.74 Å². The Morgan fingerprint density at radius 2 is 2.11 bits per heavy atom. The maximum absolute atomic E-state index is 5.87. The van der Waals surface area contributed by atoms with E-state index in [2.05, 4.69) is 36.1 Å². The lowest BCUT2D eigenvalue weighted by Gasteiger charge is -2.26. The van der Waals surface area contributed by atoms with E-state index in [4.69, 9.17) is 10.5 Å². The van der Waals surface area contributed by atoms with Gasteiger partial charge in [-0.05, 0) is 44.4 Å². The quantitative estimate of drug-likeness (QED) is 0.870. The summed E-state index contributed by atoms with van der Waals surface area (Å²) in [6, 6.07) is 8.68. The summed E-state index contributed by atoms with van der Waals surface area (Å²) in [5.74, 6) is 0. The molecule has 1 aromatic carbocycles. The Kier molecular flexibility index (Phi) is 4.61. The van der Waals surface area contributed by atoms with E-state index in [1.807, 2.05) is 6.92 Å². The number of hydrogen-bond acceptors (Lipinski definition) is 3. The van der Waals surface area contributed by atoms with E-state index in [9.17, 15) is 0 Å². The molecule has 3 heteroatoms. The lowest BCUT2D eigenvalue weighted by atomic mass is 10.1. The van der Waals surface area contributed by atoms with Crippen LogP contribution in [0.3, 0.4) is 0 Å². The van der Waals surface area contributed by atoms with Crippen LogP contribution < -0.4 is 10.6 Å². The molecule has 0 aliphatic carbocycles.